The first-order chi connectivity index (χ1) is 24.5. The zero-order valence-corrected chi connectivity index (χ0v) is 26.1. The molecule has 50 heavy (non-hydrogen) atoms. The van der Waals surface area contributed by atoms with Crippen molar-refractivity contribution in [2.24, 2.45) is 0 Å². The second-order valence-corrected chi connectivity index (χ2v) is 12.9. The van der Waals surface area contributed by atoms with Crippen molar-refractivity contribution in [2.45, 2.75) is 6.23 Å². The van der Waals surface area contributed by atoms with Crippen LogP contribution in [0.25, 0.3) is 64.9 Å². The van der Waals surface area contributed by atoms with Gasteiger partial charge in [0.15, 0.2) is 6.23 Å². The predicted molar refractivity (Wildman–Crippen MR) is 194 cm³/mol. The van der Waals surface area contributed by atoms with Crippen LogP contribution in [0.15, 0.2) is 122 Å². The molecule has 0 spiro atoms. The Morgan fingerprint density at radius 1 is 0.460 bits per heavy atom. The fourth-order valence-corrected chi connectivity index (χ4v) is 8.42. The Morgan fingerprint density at radius 2 is 0.960 bits per heavy atom. The van der Waals surface area contributed by atoms with Gasteiger partial charge < -0.3 is 5.11 Å². The van der Waals surface area contributed by atoms with Crippen LogP contribution in [0.2, 0.25) is 0 Å². The van der Waals surface area contributed by atoms with Crippen LogP contribution in [0.5, 0.6) is 0 Å². The number of pyridine rings is 2. The van der Waals surface area contributed by atoms with Gasteiger partial charge in [-0.3, -0.25) is 29.3 Å². The van der Waals surface area contributed by atoms with Crippen molar-refractivity contribution in [3.05, 3.63) is 144 Å². The van der Waals surface area contributed by atoms with E-state index in [1.807, 2.05) is 78.9 Å². The fraction of sp³-hybridized carbons (Fsp3) is 0.0238. The van der Waals surface area contributed by atoms with Gasteiger partial charge in [-0.15, -0.1) is 0 Å². The minimum Gasteiger partial charge on any atom is -0.369 e. The number of rotatable bonds is 2. The quantitative estimate of drug-likeness (QED) is 0.115. The lowest BCUT2D eigenvalue weighted by atomic mass is 9.82. The van der Waals surface area contributed by atoms with E-state index in [-0.39, 0.29) is 5.91 Å². The molecule has 0 saturated carbocycles. The third-order valence-corrected chi connectivity index (χ3v) is 10.5. The lowest BCUT2D eigenvalue weighted by Gasteiger charge is -2.35. The lowest BCUT2D eigenvalue weighted by molar-refractivity contribution is 0.0872. The molecule has 3 amide bonds. The van der Waals surface area contributed by atoms with Crippen LogP contribution >= 0.6 is 0 Å². The molecule has 9 aromatic rings. The summed E-state index contributed by atoms with van der Waals surface area (Å²) in [4.78, 5) is 54.4. The highest BCUT2D eigenvalue weighted by Gasteiger charge is 2.38. The van der Waals surface area contributed by atoms with E-state index in [4.69, 9.17) is 0 Å². The molecule has 8 heteroatoms. The largest absolute Gasteiger partial charge is 0.369 e. The lowest BCUT2D eigenvalue weighted by Crippen LogP contribution is -2.40. The number of imide groups is 1. The van der Waals surface area contributed by atoms with Gasteiger partial charge in [0.2, 0.25) is 0 Å². The molecule has 4 heterocycles. The Balaban J connectivity index is 1.14. The van der Waals surface area contributed by atoms with Gasteiger partial charge in [-0.1, -0.05) is 42.5 Å². The second-order valence-electron chi connectivity index (χ2n) is 12.9. The maximum absolute atomic E-state index is 14.3. The first-order valence-corrected chi connectivity index (χ1v) is 16.3. The van der Waals surface area contributed by atoms with Crippen LogP contribution in [0, 0.1) is 0 Å². The Labute approximate surface area is 282 Å². The summed E-state index contributed by atoms with van der Waals surface area (Å²) in [6.45, 7) is 0. The van der Waals surface area contributed by atoms with Crippen molar-refractivity contribution in [3.8, 4) is 0 Å². The molecule has 2 aliphatic rings. The first-order valence-electron chi connectivity index (χ1n) is 16.3. The van der Waals surface area contributed by atoms with E-state index in [1.165, 1.54) is 9.80 Å². The van der Waals surface area contributed by atoms with E-state index in [9.17, 15) is 19.5 Å². The zero-order valence-electron chi connectivity index (χ0n) is 26.1. The van der Waals surface area contributed by atoms with E-state index in [2.05, 4.69) is 9.97 Å². The highest BCUT2D eigenvalue weighted by molar-refractivity contribution is 6.43. The highest BCUT2D eigenvalue weighted by Crippen LogP contribution is 2.49. The summed E-state index contributed by atoms with van der Waals surface area (Å²) >= 11 is 0. The summed E-state index contributed by atoms with van der Waals surface area (Å²) in [5, 5.41) is 19.9. The second kappa shape index (κ2) is 9.43. The third kappa shape index (κ3) is 3.25. The number of hydrogen-bond acceptors (Lipinski definition) is 6. The summed E-state index contributed by atoms with van der Waals surface area (Å²) in [5.41, 5.74) is 4.51. The van der Waals surface area contributed by atoms with E-state index in [1.54, 1.807) is 42.7 Å². The van der Waals surface area contributed by atoms with Crippen molar-refractivity contribution in [1.29, 1.82) is 0 Å². The Morgan fingerprint density at radius 3 is 1.56 bits per heavy atom. The number of fused-ring (bicyclic) bond motifs is 4. The number of benzene rings is 7. The van der Waals surface area contributed by atoms with Crippen LogP contribution in [-0.4, -0.2) is 32.8 Å². The monoisotopic (exact) mass is 646 g/mol. The number of amides is 3. The van der Waals surface area contributed by atoms with Crippen LogP contribution in [-0.2, 0) is 0 Å². The molecule has 11 rings (SSSR count). The number of aliphatic hydroxyl groups is 1. The number of anilines is 2. The maximum atomic E-state index is 14.3. The number of aliphatic hydroxyl groups excluding tert-OH is 1. The Kier molecular flexibility index (Phi) is 5.13. The number of nitrogens with zero attached hydrogens (tertiary/aromatic N) is 4. The van der Waals surface area contributed by atoms with E-state index in [0.29, 0.717) is 55.3 Å². The normalized spacial score (nSPS) is 15.9. The van der Waals surface area contributed by atoms with Crippen molar-refractivity contribution < 1.29 is 19.5 Å². The molecule has 0 bridgehead atoms. The van der Waals surface area contributed by atoms with Gasteiger partial charge in [-0.25, -0.2) is 4.90 Å². The van der Waals surface area contributed by atoms with Crippen LogP contribution in [0.4, 0.5) is 11.4 Å². The van der Waals surface area contributed by atoms with Crippen LogP contribution < -0.4 is 9.80 Å². The topological polar surface area (TPSA) is 104 Å². The summed E-state index contributed by atoms with van der Waals surface area (Å²) in [6.07, 6.45) is 2.16. The molecule has 0 fully saturated rings. The van der Waals surface area contributed by atoms with E-state index < -0.39 is 18.0 Å². The molecule has 2 aliphatic heterocycles. The maximum Gasteiger partial charge on any atom is 0.266 e. The SMILES string of the molecule is O=C1c2ccc3c4ccc5c6c(ccc(c7ccc(c2c37)C(=O)N1c1cccc2ncccc12)c64)C(O)N(c1cccc2ncccc12)C5=O. The van der Waals surface area contributed by atoms with Crippen molar-refractivity contribution in [3.63, 3.8) is 0 Å². The smallest absolute Gasteiger partial charge is 0.266 e. The minimum absolute atomic E-state index is 0.305. The summed E-state index contributed by atoms with van der Waals surface area (Å²) in [6, 6.07) is 33.4. The summed E-state index contributed by atoms with van der Waals surface area (Å²) in [7, 11) is 0. The molecular formula is C42H22N4O4. The van der Waals surface area contributed by atoms with Gasteiger partial charge in [0.25, 0.3) is 17.7 Å². The van der Waals surface area contributed by atoms with Crippen LogP contribution in [0.1, 0.15) is 42.9 Å². The molecule has 234 valence electrons. The molecular weight excluding hydrogens is 624 g/mol. The molecule has 0 aliphatic carbocycles. The first kappa shape index (κ1) is 27.2. The van der Waals surface area contributed by atoms with Gasteiger partial charge in [0.05, 0.1) is 22.4 Å². The van der Waals surface area contributed by atoms with Gasteiger partial charge >= 0.3 is 0 Å². The standard InChI is InChI=1S/C42H22N4O4/c47-39-27-15-11-21-23-13-17-29-38-30(42(50)46(41(29)49)34-10-2-8-32-26(34)6-4-20-44-32)18-14-24(36(23)38)22-12-16-28(37(27)35(21)22)40(48)45(39)33-9-1-7-31-25(33)5-3-19-43-31/h1-20,39,47H. The zero-order chi connectivity index (χ0) is 33.4. The molecule has 8 nitrogen and oxygen atoms in total. The van der Waals surface area contributed by atoms with Gasteiger partial charge in [0, 0.05) is 56.2 Å². The van der Waals surface area contributed by atoms with Gasteiger partial charge in [0.1, 0.15) is 0 Å². The van der Waals surface area contributed by atoms with Crippen molar-refractivity contribution >= 4 is 94.0 Å². The van der Waals surface area contributed by atoms with Gasteiger partial charge in [-0.05, 0) is 99.0 Å². The predicted octanol–water partition coefficient (Wildman–Crippen LogP) is 8.29. The fourth-order valence-electron chi connectivity index (χ4n) is 8.42. The molecule has 0 saturated heterocycles. The number of hydrogen-bond donors (Lipinski definition) is 1. The highest BCUT2D eigenvalue weighted by atomic mass is 16.3. The van der Waals surface area contributed by atoms with E-state index in [0.717, 1.165) is 43.2 Å². The Bertz CT molecular complexity index is 2960. The molecule has 1 N–H and O–H groups in total. The Hall–Kier alpha value is -6.77. The molecule has 7 aromatic carbocycles. The molecule has 2 aromatic heterocycles. The number of carbonyl (C=O) groups excluding carboxylic acids is 3. The van der Waals surface area contributed by atoms with E-state index >= 15 is 0 Å². The van der Waals surface area contributed by atoms with Crippen molar-refractivity contribution in [1.82, 2.24) is 9.97 Å². The molecule has 1 atom stereocenters. The summed E-state index contributed by atoms with van der Waals surface area (Å²) < 4.78 is 0. The number of aromatic nitrogens is 2. The molecule has 1 unspecified atom stereocenters. The average Bonchev–Trinajstić information content (AvgIpc) is 3.15. The van der Waals surface area contributed by atoms with Crippen LogP contribution in [0.3, 0.4) is 0 Å². The minimum atomic E-state index is -1.23. The van der Waals surface area contributed by atoms with Gasteiger partial charge in [-0.2, -0.15) is 0 Å². The number of carbonyl (C=O) groups is 3. The summed E-state index contributed by atoms with van der Waals surface area (Å²) in [5.74, 6) is -1.09. The average molecular weight is 647 g/mol. The third-order valence-electron chi connectivity index (χ3n) is 10.5. The molecule has 0 radical (unpaired) electrons. The van der Waals surface area contributed by atoms with Crippen molar-refractivity contribution in [2.75, 3.05) is 9.80 Å².